The van der Waals surface area contributed by atoms with Crippen LogP contribution in [0.25, 0.3) is 11.5 Å². The molecule has 0 atom stereocenters. The molecule has 0 aromatic carbocycles. The van der Waals surface area contributed by atoms with Crippen molar-refractivity contribution >= 4 is 23.2 Å². The maximum absolute atomic E-state index is 8.92. The molecule has 8 heteroatoms. The van der Waals surface area contributed by atoms with E-state index in [0.29, 0.717) is 27.9 Å². The highest BCUT2D eigenvalue weighted by Gasteiger charge is 2.21. The van der Waals surface area contributed by atoms with Gasteiger partial charge in [0.15, 0.2) is 11.6 Å². The van der Waals surface area contributed by atoms with E-state index < -0.39 is 0 Å². The molecule has 0 unspecified atom stereocenters. The number of hydrogen-bond donors (Lipinski definition) is 0. The third-order valence-corrected chi connectivity index (χ3v) is 4.56. The van der Waals surface area contributed by atoms with Gasteiger partial charge in [-0.15, -0.1) is 10.2 Å². The molecule has 0 spiro atoms. The Morgan fingerprint density at radius 3 is 2.50 bits per heavy atom. The second-order valence-electron chi connectivity index (χ2n) is 5.87. The molecule has 130 valence electrons. The molecule has 1 saturated heterocycles. The lowest BCUT2D eigenvalue weighted by Crippen LogP contribution is -2.47. The van der Waals surface area contributed by atoms with Crippen molar-refractivity contribution in [1.82, 2.24) is 15.2 Å². The molecule has 4 heterocycles. The van der Waals surface area contributed by atoms with Crippen LogP contribution in [0.2, 0.25) is 5.02 Å². The molecule has 1 fully saturated rings. The molecule has 0 saturated carbocycles. The largest absolute Gasteiger partial charge is 0.463 e. The molecule has 0 bridgehead atoms. The van der Waals surface area contributed by atoms with Gasteiger partial charge in [0.1, 0.15) is 17.6 Å². The Balaban J connectivity index is 1.43. The topological polar surface area (TPSA) is 82.1 Å². The number of rotatable bonds is 3. The lowest BCUT2D eigenvalue weighted by atomic mass is 10.2. The van der Waals surface area contributed by atoms with Crippen LogP contribution in [-0.4, -0.2) is 41.4 Å². The minimum atomic E-state index is 0.462. The Kier molecular flexibility index (Phi) is 4.42. The fraction of sp³-hybridized carbons (Fsp3) is 0.222. The van der Waals surface area contributed by atoms with E-state index in [1.807, 2.05) is 30.3 Å². The Morgan fingerprint density at radius 1 is 1.08 bits per heavy atom. The SMILES string of the molecule is N#Cc1cnc(N2CCN(c3ccc(-c4ccco4)nn3)CC2)c(Cl)c1. The predicted octanol–water partition coefficient (Wildman–Crippen LogP) is 2.98. The van der Waals surface area contributed by atoms with Gasteiger partial charge >= 0.3 is 0 Å². The number of aromatic nitrogens is 3. The summed E-state index contributed by atoms with van der Waals surface area (Å²) in [5.41, 5.74) is 1.18. The predicted molar refractivity (Wildman–Crippen MR) is 98.1 cm³/mol. The summed E-state index contributed by atoms with van der Waals surface area (Å²) in [6, 6.07) is 11.2. The van der Waals surface area contributed by atoms with Gasteiger partial charge in [0.25, 0.3) is 0 Å². The van der Waals surface area contributed by atoms with Crippen molar-refractivity contribution in [1.29, 1.82) is 5.26 Å². The number of anilines is 2. The first-order chi connectivity index (χ1) is 12.7. The van der Waals surface area contributed by atoms with Crippen molar-refractivity contribution in [3.8, 4) is 17.5 Å². The number of furan rings is 1. The van der Waals surface area contributed by atoms with E-state index in [9.17, 15) is 0 Å². The average molecular weight is 367 g/mol. The van der Waals surface area contributed by atoms with Crippen molar-refractivity contribution in [2.75, 3.05) is 36.0 Å². The molecule has 3 aromatic heterocycles. The molecule has 0 aliphatic carbocycles. The summed E-state index contributed by atoms with van der Waals surface area (Å²) >= 11 is 6.26. The van der Waals surface area contributed by atoms with E-state index >= 15 is 0 Å². The van der Waals surface area contributed by atoms with Gasteiger partial charge in [0.2, 0.25) is 0 Å². The summed E-state index contributed by atoms with van der Waals surface area (Å²) in [6.07, 6.45) is 3.17. The number of hydrogen-bond acceptors (Lipinski definition) is 7. The van der Waals surface area contributed by atoms with Crippen LogP contribution < -0.4 is 9.80 Å². The van der Waals surface area contributed by atoms with Crippen molar-refractivity contribution in [2.24, 2.45) is 0 Å². The number of pyridine rings is 1. The minimum Gasteiger partial charge on any atom is -0.463 e. The highest BCUT2D eigenvalue weighted by atomic mass is 35.5. The van der Waals surface area contributed by atoms with Crippen molar-refractivity contribution < 1.29 is 4.42 Å². The zero-order valence-electron chi connectivity index (χ0n) is 13.8. The molecule has 1 aliphatic heterocycles. The molecule has 1 aliphatic rings. The summed E-state index contributed by atoms with van der Waals surface area (Å²) in [6.45, 7) is 3.10. The number of halogens is 1. The lowest BCUT2D eigenvalue weighted by Gasteiger charge is -2.36. The molecule has 3 aromatic rings. The van der Waals surface area contributed by atoms with Crippen LogP contribution in [0.15, 0.2) is 47.2 Å². The third-order valence-electron chi connectivity index (χ3n) is 4.28. The van der Waals surface area contributed by atoms with Crippen LogP contribution in [-0.2, 0) is 0 Å². The lowest BCUT2D eigenvalue weighted by molar-refractivity contribution is 0.578. The first kappa shape index (κ1) is 16.4. The molecule has 0 amide bonds. The summed E-state index contributed by atoms with van der Waals surface area (Å²) < 4.78 is 5.33. The van der Waals surface area contributed by atoms with Crippen LogP contribution >= 0.6 is 11.6 Å². The summed E-state index contributed by atoms with van der Waals surface area (Å²) in [4.78, 5) is 8.61. The van der Waals surface area contributed by atoms with Gasteiger partial charge in [0, 0.05) is 32.4 Å². The van der Waals surface area contributed by atoms with Crippen molar-refractivity contribution in [3.63, 3.8) is 0 Å². The second-order valence-corrected chi connectivity index (χ2v) is 6.28. The van der Waals surface area contributed by atoms with E-state index in [-0.39, 0.29) is 0 Å². The quantitative estimate of drug-likeness (QED) is 0.704. The Labute approximate surface area is 155 Å². The standard InChI is InChI=1S/C18H15ClN6O/c19-14-10-13(11-20)12-21-18(14)25-7-5-24(6-8-25)17-4-3-15(22-23-17)16-2-1-9-26-16/h1-4,9-10,12H,5-8H2. The summed E-state index contributed by atoms with van der Waals surface area (Å²) in [5.74, 6) is 2.25. The van der Waals surface area contributed by atoms with E-state index in [4.69, 9.17) is 21.3 Å². The molecule has 4 rings (SSSR count). The smallest absolute Gasteiger partial charge is 0.154 e. The van der Waals surface area contributed by atoms with E-state index in [2.05, 4.69) is 25.0 Å². The number of nitriles is 1. The maximum Gasteiger partial charge on any atom is 0.154 e. The Bertz CT molecular complexity index is 927. The van der Waals surface area contributed by atoms with Crippen LogP contribution in [0.1, 0.15) is 5.56 Å². The highest BCUT2D eigenvalue weighted by Crippen LogP contribution is 2.26. The fourth-order valence-corrected chi connectivity index (χ4v) is 3.21. The monoisotopic (exact) mass is 366 g/mol. The van der Waals surface area contributed by atoms with Gasteiger partial charge in [-0.25, -0.2) is 4.98 Å². The zero-order valence-corrected chi connectivity index (χ0v) is 14.6. The van der Waals surface area contributed by atoms with Gasteiger partial charge in [0.05, 0.1) is 16.8 Å². The Hall–Kier alpha value is -3.11. The number of nitrogens with zero attached hydrogens (tertiary/aromatic N) is 6. The van der Waals surface area contributed by atoms with Gasteiger partial charge in [-0.2, -0.15) is 5.26 Å². The highest BCUT2D eigenvalue weighted by molar-refractivity contribution is 6.33. The molecular weight excluding hydrogens is 352 g/mol. The van der Waals surface area contributed by atoms with E-state index in [0.717, 1.165) is 32.0 Å². The van der Waals surface area contributed by atoms with Gasteiger partial charge in [-0.05, 0) is 30.3 Å². The van der Waals surface area contributed by atoms with Crippen LogP contribution in [0.5, 0.6) is 0 Å². The third kappa shape index (κ3) is 3.19. The first-order valence-corrected chi connectivity index (χ1v) is 8.55. The number of piperazine rings is 1. The summed E-state index contributed by atoms with van der Waals surface area (Å²) in [5, 5.41) is 18.0. The van der Waals surface area contributed by atoms with Gasteiger partial charge in [-0.1, -0.05) is 11.6 Å². The first-order valence-electron chi connectivity index (χ1n) is 8.18. The second kappa shape index (κ2) is 7.02. The molecule has 0 N–H and O–H groups in total. The Morgan fingerprint density at radius 2 is 1.88 bits per heavy atom. The minimum absolute atomic E-state index is 0.462. The molecular formula is C18H15ClN6O. The molecule has 26 heavy (non-hydrogen) atoms. The molecule has 0 radical (unpaired) electrons. The van der Waals surface area contributed by atoms with Crippen LogP contribution in [0.3, 0.4) is 0 Å². The molecule has 7 nitrogen and oxygen atoms in total. The maximum atomic E-state index is 8.92. The zero-order chi connectivity index (χ0) is 17.9. The van der Waals surface area contributed by atoms with Gasteiger partial charge < -0.3 is 14.2 Å². The average Bonchev–Trinajstić information content (AvgIpc) is 3.23. The van der Waals surface area contributed by atoms with Crippen molar-refractivity contribution in [2.45, 2.75) is 0 Å². The van der Waals surface area contributed by atoms with Crippen LogP contribution in [0, 0.1) is 11.3 Å². The normalized spacial score (nSPS) is 14.3. The summed E-state index contributed by atoms with van der Waals surface area (Å²) in [7, 11) is 0. The fourth-order valence-electron chi connectivity index (χ4n) is 2.92. The van der Waals surface area contributed by atoms with E-state index in [1.54, 1.807) is 18.5 Å². The van der Waals surface area contributed by atoms with Crippen LogP contribution in [0.4, 0.5) is 11.6 Å². The van der Waals surface area contributed by atoms with Crippen molar-refractivity contribution in [3.05, 3.63) is 53.4 Å². The van der Waals surface area contributed by atoms with Gasteiger partial charge in [-0.3, -0.25) is 0 Å². The van der Waals surface area contributed by atoms with E-state index in [1.165, 1.54) is 0 Å².